The van der Waals surface area contributed by atoms with Gasteiger partial charge in [-0.25, -0.2) is 0 Å². The molecule has 1 atom stereocenters. The van der Waals surface area contributed by atoms with E-state index in [4.69, 9.17) is 14.0 Å². The van der Waals surface area contributed by atoms with Gasteiger partial charge in [-0.1, -0.05) is 11.2 Å². The van der Waals surface area contributed by atoms with Gasteiger partial charge in [-0.2, -0.15) is 4.98 Å². The van der Waals surface area contributed by atoms with E-state index in [1.165, 1.54) is 0 Å². The van der Waals surface area contributed by atoms with Crippen LogP contribution in [0, 0.1) is 0 Å². The molecule has 2 aliphatic rings. The Hall–Kier alpha value is -2.87. The fourth-order valence-electron chi connectivity index (χ4n) is 3.08. The minimum Gasteiger partial charge on any atom is -0.454 e. The average Bonchev–Trinajstić information content (AvgIpc) is 3.39. The summed E-state index contributed by atoms with van der Waals surface area (Å²) >= 11 is 1.55. The van der Waals surface area contributed by atoms with Crippen LogP contribution in [0.5, 0.6) is 11.5 Å². The van der Waals surface area contributed by atoms with Gasteiger partial charge in [0.05, 0.1) is 10.8 Å². The van der Waals surface area contributed by atoms with Gasteiger partial charge in [0.1, 0.15) is 0 Å². The van der Waals surface area contributed by atoms with Crippen molar-refractivity contribution >= 4 is 22.9 Å². The average molecular weight is 355 g/mol. The zero-order valence-corrected chi connectivity index (χ0v) is 13.9. The van der Waals surface area contributed by atoms with E-state index in [0.29, 0.717) is 36.2 Å². The maximum atomic E-state index is 12.5. The van der Waals surface area contributed by atoms with E-state index in [1.807, 2.05) is 35.7 Å². The van der Waals surface area contributed by atoms with E-state index in [9.17, 15) is 4.79 Å². The van der Waals surface area contributed by atoms with Crippen LogP contribution < -0.4 is 14.4 Å². The number of fused-ring (bicyclic) bond motifs is 1. The number of benzene rings is 1. The molecular formula is C17H13N3O4S. The number of carbonyl (C=O) groups excluding carboxylic acids is 1. The summed E-state index contributed by atoms with van der Waals surface area (Å²) in [6.07, 6.45) is 0.348. The van der Waals surface area contributed by atoms with Gasteiger partial charge in [0.2, 0.25) is 24.4 Å². The molecule has 0 radical (unpaired) electrons. The molecule has 0 bridgehead atoms. The van der Waals surface area contributed by atoms with Crippen LogP contribution in [0.2, 0.25) is 0 Å². The highest BCUT2D eigenvalue weighted by Gasteiger charge is 2.35. The summed E-state index contributed by atoms with van der Waals surface area (Å²) in [6.45, 7) is 0.716. The van der Waals surface area contributed by atoms with Crippen molar-refractivity contribution in [3.63, 3.8) is 0 Å². The summed E-state index contributed by atoms with van der Waals surface area (Å²) in [4.78, 5) is 19.6. The van der Waals surface area contributed by atoms with Gasteiger partial charge in [-0.05, 0) is 23.6 Å². The summed E-state index contributed by atoms with van der Waals surface area (Å²) in [6, 6.07) is 9.39. The molecule has 0 saturated carbocycles. The molecule has 4 heterocycles. The topological polar surface area (TPSA) is 77.7 Å². The predicted octanol–water partition coefficient (Wildman–Crippen LogP) is 3.05. The largest absolute Gasteiger partial charge is 0.454 e. The monoisotopic (exact) mass is 355 g/mol. The van der Waals surface area contributed by atoms with E-state index < -0.39 is 0 Å². The van der Waals surface area contributed by atoms with Crippen LogP contribution in [0.4, 0.5) is 5.69 Å². The van der Waals surface area contributed by atoms with Gasteiger partial charge < -0.3 is 18.9 Å². The Balaban J connectivity index is 1.38. The molecule has 3 aromatic rings. The van der Waals surface area contributed by atoms with Crippen molar-refractivity contribution in [1.29, 1.82) is 0 Å². The Morgan fingerprint density at radius 1 is 1.20 bits per heavy atom. The third kappa shape index (κ3) is 2.45. The highest BCUT2D eigenvalue weighted by Crippen LogP contribution is 2.38. The summed E-state index contributed by atoms with van der Waals surface area (Å²) < 4.78 is 16.1. The Labute approximate surface area is 146 Å². The summed E-state index contributed by atoms with van der Waals surface area (Å²) in [7, 11) is 0. The molecule has 2 aliphatic heterocycles. The van der Waals surface area contributed by atoms with E-state index >= 15 is 0 Å². The molecule has 1 saturated heterocycles. The van der Waals surface area contributed by atoms with E-state index in [1.54, 1.807) is 16.2 Å². The molecule has 7 nitrogen and oxygen atoms in total. The lowest BCUT2D eigenvalue weighted by atomic mass is 10.1. The fraction of sp³-hybridized carbons (Fsp3) is 0.235. The number of rotatable bonds is 3. The predicted molar refractivity (Wildman–Crippen MR) is 89.9 cm³/mol. The maximum Gasteiger partial charge on any atom is 0.232 e. The molecule has 5 rings (SSSR count). The van der Waals surface area contributed by atoms with E-state index in [2.05, 4.69) is 10.1 Å². The lowest BCUT2D eigenvalue weighted by Crippen LogP contribution is -2.24. The van der Waals surface area contributed by atoms with Gasteiger partial charge in [-0.15, -0.1) is 11.3 Å². The Morgan fingerprint density at radius 2 is 2.12 bits per heavy atom. The first-order chi connectivity index (χ1) is 12.3. The SMILES string of the molecule is O=C1C[C@H](c2nc(-c3cccs3)no2)CN1c1ccc2c(c1)OCO2. The molecule has 0 unspecified atom stereocenters. The van der Waals surface area contributed by atoms with Crippen molar-refractivity contribution in [3.8, 4) is 22.2 Å². The third-order valence-electron chi connectivity index (χ3n) is 4.33. The smallest absolute Gasteiger partial charge is 0.232 e. The van der Waals surface area contributed by atoms with Crippen molar-refractivity contribution in [2.24, 2.45) is 0 Å². The lowest BCUT2D eigenvalue weighted by molar-refractivity contribution is -0.117. The molecule has 2 aromatic heterocycles. The number of nitrogens with zero attached hydrogens (tertiary/aromatic N) is 3. The van der Waals surface area contributed by atoms with Gasteiger partial charge in [0, 0.05) is 24.7 Å². The number of anilines is 1. The Morgan fingerprint density at radius 3 is 3.00 bits per heavy atom. The molecule has 0 aliphatic carbocycles. The van der Waals surface area contributed by atoms with Crippen LogP contribution in [0.25, 0.3) is 10.7 Å². The molecule has 8 heteroatoms. The molecule has 126 valence electrons. The quantitative estimate of drug-likeness (QED) is 0.719. The Bertz CT molecular complexity index is 937. The van der Waals surface area contributed by atoms with Crippen LogP contribution >= 0.6 is 11.3 Å². The number of thiophene rings is 1. The number of ether oxygens (including phenoxy) is 2. The zero-order valence-electron chi connectivity index (χ0n) is 13.0. The highest BCUT2D eigenvalue weighted by atomic mass is 32.1. The minimum absolute atomic E-state index is 0.0275. The summed E-state index contributed by atoms with van der Waals surface area (Å²) in [5.74, 6) is 2.34. The first-order valence-electron chi connectivity index (χ1n) is 7.85. The summed E-state index contributed by atoms with van der Waals surface area (Å²) in [5.41, 5.74) is 0.787. The maximum absolute atomic E-state index is 12.5. The highest BCUT2D eigenvalue weighted by molar-refractivity contribution is 7.13. The minimum atomic E-state index is -0.112. The van der Waals surface area contributed by atoms with Gasteiger partial charge in [0.15, 0.2) is 11.5 Å². The van der Waals surface area contributed by atoms with Crippen molar-refractivity contribution in [2.45, 2.75) is 12.3 Å². The van der Waals surface area contributed by atoms with Crippen LogP contribution in [-0.4, -0.2) is 29.4 Å². The number of aromatic nitrogens is 2. The molecule has 1 fully saturated rings. The van der Waals surface area contributed by atoms with Crippen LogP contribution in [0.15, 0.2) is 40.2 Å². The number of amides is 1. The van der Waals surface area contributed by atoms with Crippen molar-refractivity contribution in [3.05, 3.63) is 41.6 Å². The first-order valence-corrected chi connectivity index (χ1v) is 8.73. The van der Waals surface area contributed by atoms with Crippen molar-refractivity contribution in [1.82, 2.24) is 10.1 Å². The molecule has 0 spiro atoms. The number of carbonyl (C=O) groups is 1. The van der Waals surface area contributed by atoms with Gasteiger partial charge in [-0.3, -0.25) is 4.79 Å². The third-order valence-corrected chi connectivity index (χ3v) is 5.19. The summed E-state index contributed by atoms with van der Waals surface area (Å²) in [5, 5.41) is 6.00. The lowest BCUT2D eigenvalue weighted by Gasteiger charge is -2.16. The fourth-order valence-corrected chi connectivity index (χ4v) is 3.73. The van der Waals surface area contributed by atoms with Crippen LogP contribution in [0.3, 0.4) is 0 Å². The molecule has 0 N–H and O–H groups in total. The van der Waals surface area contributed by atoms with Gasteiger partial charge in [0.25, 0.3) is 0 Å². The molecule has 25 heavy (non-hydrogen) atoms. The second kappa shape index (κ2) is 5.59. The second-order valence-electron chi connectivity index (χ2n) is 5.88. The number of hydrogen-bond donors (Lipinski definition) is 0. The zero-order chi connectivity index (χ0) is 16.8. The Kier molecular flexibility index (Phi) is 3.24. The van der Waals surface area contributed by atoms with Crippen LogP contribution in [0.1, 0.15) is 18.2 Å². The van der Waals surface area contributed by atoms with E-state index in [0.717, 1.165) is 10.6 Å². The standard InChI is InChI=1S/C17H13N3O4S/c21-15-6-10(17-18-16(19-24-17)14-2-1-5-25-14)8-20(15)11-3-4-12-13(7-11)23-9-22-12/h1-5,7,10H,6,8-9H2/t10-/m0/s1. The normalized spacial score (nSPS) is 19.0. The molecule has 1 aromatic carbocycles. The molecular weight excluding hydrogens is 342 g/mol. The van der Waals surface area contributed by atoms with Crippen molar-refractivity contribution in [2.75, 3.05) is 18.2 Å². The van der Waals surface area contributed by atoms with Gasteiger partial charge >= 0.3 is 0 Å². The second-order valence-corrected chi connectivity index (χ2v) is 6.82. The number of hydrogen-bond acceptors (Lipinski definition) is 7. The van der Waals surface area contributed by atoms with Crippen LogP contribution in [-0.2, 0) is 4.79 Å². The van der Waals surface area contributed by atoms with E-state index in [-0.39, 0.29) is 18.6 Å². The van der Waals surface area contributed by atoms with Crippen molar-refractivity contribution < 1.29 is 18.8 Å². The molecule has 1 amide bonds. The first kappa shape index (κ1) is 14.5.